The standard InChI is InChI=1S/C15H17ClN2O5/c16-12-3-1-2-11(10-12)15(21)23-7-4-17-13(19)14(20)18-5-8-22-9-6-18/h1-3,10H,4-9H2,(H,17,19). The fourth-order valence-electron chi connectivity index (χ4n) is 1.99. The molecule has 7 nitrogen and oxygen atoms in total. The maximum Gasteiger partial charge on any atom is 0.338 e. The van der Waals surface area contributed by atoms with Crippen LogP contribution in [0.1, 0.15) is 10.4 Å². The molecule has 1 N–H and O–H groups in total. The minimum Gasteiger partial charge on any atom is -0.460 e. The largest absolute Gasteiger partial charge is 0.460 e. The van der Waals surface area contributed by atoms with E-state index >= 15 is 0 Å². The fourth-order valence-corrected chi connectivity index (χ4v) is 2.18. The molecule has 1 aliphatic rings. The number of hydrogen-bond acceptors (Lipinski definition) is 5. The highest BCUT2D eigenvalue weighted by Gasteiger charge is 2.23. The number of esters is 1. The Bertz CT molecular complexity index is 587. The Morgan fingerprint density at radius 1 is 1.26 bits per heavy atom. The number of benzene rings is 1. The lowest BCUT2D eigenvalue weighted by Crippen LogP contribution is -2.48. The van der Waals surface area contributed by atoms with Gasteiger partial charge in [0.2, 0.25) is 0 Å². The minimum absolute atomic E-state index is 0.0342. The Kier molecular flexibility index (Phi) is 6.37. The molecule has 1 heterocycles. The van der Waals surface area contributed by atoms with E-state index in [1.54, 1.807) is 18.2 Å². The van der Waals surface area contributed by atoms with E-state index in [9.17, 15) is 14.4 Å². The van der Waals surface area contributed by atoms with Gasteiger partial charge in [-0.3, -0.25) is 9.59 Å². The van der Waals surface area contributed by atoms with Crippen LogP contribution in [0.15, 0.2) is 24.3 Å². The summed E-state index contributed by atoms with van der Waals surface area (Å²) in [4.78, 5) is 36.7. The van der Waals surface area contributed by atoms with E-state index in [0.29, 0.717) is 36.9 Å². The van der Waals surface area contributed by atoms with E-state index in [2.05, 4.69) is 5.32 Å². The van der Waals surface area contributed by atoms with Gasteiger partial charge in [0.1, 0.15) is 6.61 Å². The highest BCUT2D eigenvalue weighted by Crippen LogP contribution is 2.11. The van der Waals surface area contributed by atoms with Crippen LogP contribution in [0.25, 0.3) is 0 Å². The van der Waals surface area contributed by atoms with E-state index in [1.165, 1.54) is 11.0 Å². The summed E-state index contributed by atoms with van der Waals surface area (Å²) < 4.78 is 10.1. The lowest BCUT2D eigenvalue weighted by molar-refractivity contribution is -0.148. The van der Waals surface area contributed by atoms with Gasteiger partial charge in [0.05, 0.1) is 25.3 Å². The van der Waals surface area contributed by atoms with Crippen LogP contribution >= 0.6 is 11.6 Å². The first kappa shape index (κ1) is 17.2. The number of morpholine rings is 1. The van der Waals surface area contributed by atoms with E-state index < -0.39 is 17.8 Å². The smallest absolute Gasteiger partial charge is 0.338 e. The quantitative estimate of drug-likeness (QED) is 0.489. The second kappa shape index (κ2) is 8.50. The van der Waals surface area contributed by atoms with Crippen molar-refractivity contribution in [1.29, 1.82) is 0 Å². The summed E-state index contributed by atoms with van der Waals surface area (Å²) in [5.74, 6) is -1.86. The highest BCUT2D eigenvalue weighted by molar-refractivity contribution is 6.35. The van der Waals surface area contributed by atoms with Crippen LogP contribution in [0.4, 0.5) is 0 Å². The molecule has 1 aromatic carbocycles. The van der Waals surface area contributed by atoms with Crippen LogP contribution in [0.3, 0.4) is 0 Å². The third kappa shape index (κ3) is 5.22. The Morgan fingerprint density at radius 3 is 2.70 bits per heavy atom. The second-order valence-corrected chi connectivity index (χ2v) is 5.24. The maximum atomic E-state index is 11.8. The molecule has 0 aliphatic carbocycles. The third-order valence-electron chi connectivity index (χ3n) is 3.17. The average Bonchev–Trinajstić information content (AvgIpc) is 2.58. The van der Waals surface area contributed by atoms with Crippen LogP contribution in [0.5, 0.6) is 0 Å². The van der Waals surface area contributed by atoms with Gasteiger partial charge in [0.15, 0.2) is 0 Å². The normalized spacial score (nSPS) is 14.2. The molecule has 124 valence electrons. The van der Waals surface area contributed by atoms with Gasteiger partial charge in [0.25, 0.3) is 0 Å². The Balaban J connectivity index is 1.69. The molecule has 2 amide bonds. The first-order valence-electron chi connectivity index (χ1n) is 7.15. The predicted molar refractivity (Wildman–Crippen MR) is 82.1 cm³/mol. The highest BCUT2D eigenvalue weighted by atomic mass is 35.5. The SMILES string of the molecule is O=C(NCCOC(=O)c1cccc(Cl)c1)C(=O)N1CCOCC1. The second-order valence-electron chi connectivity index (χ2n) is 4.81. The molecule has 1 aliphatic heterocycles. The summed E-state index contributed by atoms with van der Waals surface area (Å²) in [5.41, 5.74) is 0.327. The lowest BCUT2D eigenvalue weighted by atomic mass is 10.2. The minimum atomic E-state index is -0.717. The number of rotatable bonds is 4. The van der Waals surface area contributed by atoms with Crippen molar-refractivity contribution in [3.63, 3.8) is 0 Å². The van der Waals surface area contributed by atoms with Crippen molar-refractivity contribution in [1.82, 2.24) is 10.2 Å². The molecule has 1 fully saturated rings. The number of ether oxygens (including phenoxy) is 2. The summed E-state index contributed by atoms with van der Waals surface area (Å²) in [6, 6.07) is 6.36. The van der Waals surface area contributed by atoms with Gasteiger partial charge in [-0.25, -0.2) is 4.79 Å². The molecule has 2 rings (SSSR count). The summed E-state index contributed by atoms with van der Waals surface area (Å²) in [5, 5.41) is 2.86. The van der Waals surface area contributed by atoms with E-state index in [-0.39, 0.29) is 13.2 Å². The van der Waals surface area contributed by atoms with Crippen molar-refractivity contribution in [2.75, 3.05) is 39.5 Å². The molecule has 1 saturated heterocycles. The third-order valence-corrected chi connectivity index (χ3v) is 3.41. The number of hydrogen-bond donors (Lipinski definition) is 1. The number of carbonyl (C=O) groups is 3. The van der Waals surface area contributed by atoms with Crippen LogP contribution in [-0.4, -0.2) is 62.1 Å². The summed E-state index contributed by atoms with van der Waals surface area (Å²) in [6.07, 6.45) is 0. The molecule has 0 spiro atoms. The number of halogens is 1. The van der Waals surface area contributed by atoms with Crippen molar-refractivity contribution < 1.29 is 23.9 Å². The van der Waals surface area contributed by atoms with Crippen LogP contribution in [-0.2, 0) is 19.1 Å². The van der Waals surface area contributed by atoms with Crippen molar-refractivity contribution >= 4 is 29.4 Å². The zero-order chi connectivity index (χ0) is 16.7. The average molecular weight is 341 g/mol. The Hall–Kier alpha value is -2.12. The molecular formula is C15H17ClN2O5. The van der Waals surface area contributed by atoms with Crippen molar-refractivity contribution in [3.05, 3.63) is 34.9 Å². The zero-order valence-corrected chi connectivity index (χ0v) is 13.2. The number of amides is 2. The first-order chi connectivity index (χ1) is 11.1. The van der Waals surface area contributed by atoms with Gasteiger partial charge in [-0.1, -0.05) is 17.7 Å². The first-order valence-corrected chi connectivity index (χ1v) is 7.53. The Labute approximate surface area is 138 Å². The summed E-state index contributed by atoms with van der Waals surface area (Å²) >= 11 is 5.78. The maximum absolute atomic E-state index is 11.8. The topological polar surface area (TPSA) is 84.9 Å². The van der Waals surface area contributed by atoms with Crippen molar-refractivity contribution in [2.24, 2.45) is 0 Å². The molecule has 0 atom stereocenters. The number of nitrogens with one attached hydrogen (secondary N) is 1. The fraction of sp³-hybridized carbons (Fsp3) is 0.400. The monoisotopic (exact) mass is 340 g/mol. The Morgan fingerprint density at radius 2 is 2.00 bits per heavy atom. The summed E-state index contributed by atoms with van der Waals surface area (Å²) in [7, 11) is 0. The van der Waals surface area contributed by atoms with Crippen molar-refractivity contribution in [3.8, 4) is 0 Å². The predicted octanol–water partition coefficient (Wildman–Crippen LogP) is 0.472. The molecule has 0 aromatic heterocycles. The zero-order valence-electron chi connectivity index (χ0n) is 12.4. The van der Waals surface area contributed by atoms with Crippen LogP contribution in [0.2, 0.25) is 5.02 Å². The molecular weight excluding hydrogens is 324 g/mol. The van der Waals surface area contributed by atoms with E-state index in [0.717, 1.165) is 0 Å². The molecule has 0 bridgehead atoms. The molecule has 23 heavy (non-hydrogen) atoms. The molecule has 0 unspecified atom stereocenters. The molecule has 0 radical (unpaired) electrons. The molecule has 1 aromatic rings. The summed E-state index contributed by atoms with van der Waals surface area (Å²) in [6.45, 7) is 1.67. The van der Waals surface area contributed by atoms with Gasteiger partial charge in [-0.2, -0.15) is 0 Å². The number of nitrogens with zero attached hydrogens (tertiary/aromatic N) is 1. The number of carbonyl (C=O) groups excluding carboxylic acids is 3. The van der Waals surface area contributed by atoms with Gasteiger partial charge in [0, 0.05) is 18.1 Å². The lowest BCUT2D eigenvalue weighted by Gasteiger charge is -2.26. The van der Waals surface area contributed by atoms with Gasteiger partial charge >= 0.3 is 17.8 Å². The van der Waals surface area contributed by atoms with Crippen LogP contribution in [0, 0.1) is 0 Å². The van der Waals surface area contributed by atoms with E-state index in [4.69, 9.17) is 21.1 Å². The van der Waals surface area contributed by atoms with Gasteiger partial charge in [-0.05, 0) is 18.2 Å². The van der Waals surface area contributed by atoms with Gasteiger partial charge in [-0.15, -0.1) is 0 Å². The van der Waals surface area contributed by atoms with E-state index in [1.807, 2.05) is 0 Å². The van der Waals surface area contributed by atoms with Gasteiger partial charge < -0.3 is 19.7 Å². The van der Waals surface area contributed by atoms with Crippen LogP contribution < -0.4 is 5.32 Å². The molecule has 8 heteroatoms. The van der Waals surface area contributed by atoms with Crippen molar-refractivity contribution in [2.45, 2.75) is 0 Å². The molecule has 0 saturated carbocycles.